The highest BCUT2D eigenvalue weighted by atomic mass is 32.1. The average molecular weight is 441 g/mol. The van der Waals surface area contributed by atoms with Crippen LogP contribution in [0.3, 0.4) is 0 Å². The van der Waals surface area contributed by atoms with Crippen molar-refractivity contribution in [3.63, 3.8) is 0 Å². The number of thiophene rings is 1. The minimum absolute atomic E-state index is 0.00242. The van der Waals surface area contributed by atoms with Gasteiger partial charge < -0.3 is 15.6 Å². The van der Waals surface area contributed by atoms with E-state index in [9.17, 15) is 4.79 Å². The Labute approximate surface area is 190 Å². The molecule has 5 rings (SSSR count). The predicted octanol–water partition coefficient (Wildman–Crippen LogP) is 5.66. The van der Waals surface area contributed by atoms with Gasteiger partial charge in [-0.3, -0.25) is 4.79 Å². The van der Waals surface area contributed by atoms with E-state index in [1.165, 1.54) is 10.4 Å². The molecule has 0 fully saturated rings. The third kappa shape index (κ3) is 3.63. The zero-order valence-corrected chi connectivity index (χ0v) is 18.9. The molecule has 0 atom stereocenters. The molecular formula is C26H24N4OS. The first kappa shape index (κ1) is 20.3. The summed E-state index contributed by atoms with van der Waals surface area (Å²) in [7, 11) is 0. The number of nitrogens with two attached hydrogens (primary N) is 1. The fourth-order valence-electron chi connectivity index (χ4n) is 4.03. The molecule has 1 aliphatic rings. The second-order valence-corrected chi connectivity index (χ2v) is 9.10. The average Bonchev–Trinajstić information content (AvgIpc) is 3.38. The Kier molecular flexibility index (Phi) is 5.15. The van der Waals surface area contributed by atoms with Gasteiger partial charge in [-0.1, -0.05) is 36.4 Å². The quantitative estimate of drug-likeness (QED) is 0.319. The van der Waals surface area contributed by atoms with Crippen LogP contribution in [0.25, 0.3) is 32.2 Å². The molecule has 0 saturated carbocycles. The van der Waals surface area contributed by atoms with Gasteiger partial charge in [0.15, 0.2) is 0 Å². The number of carbonyl (C=O) groups excluding carboxylic acids is 1. The Morgan fingerprint density at radius 2 is 1.91 bits per heavy atom. The molecule has 2 aromatic carbocycles. The fraction of sp³-hybridized carbons (Fsp3) is 0.154. The van der Waals surface area contributed by atoms with E-state index in [4.69, 9.17) is 10.7 Å². The molecule has 5 nitrogen and oxygen atoms in total. The maximum atomic E-state index is 13.3. The van der Waals surface area contributed by atoms with Crippen molar-refractivity contribution in [1.29, 1.82) is 0 Å². The highest BCUT2D eigenvalue weighted by molar-refractivity contribution is 7.19. The SMILES string of the molecule is C/C(N)=C\C=C(/C)C(=O)N1CCc2cc(-c3nc4ccccc4[nH]3)sc2-c2ccccc21. The van der Waals surface area contributed by atoms with Crippen LogP contribution >= 0.6 is 11.3 Å². The van der Waals surface area contributed by atoms with Crippen molar-refractivity contribution in [1.82, 2.24) is 9.97 Å². The van der Waals surface area contributed by atoms with Gasteiger partial charge in [-0.15, -0.1) is 11.3 Å². The van der Waals surface area contributed by atoms with E-state index in [2.05, 4.69) is 17.1 Å². The molecule has 32 heavy (non-hydrogen) atoms. The summed E-state index contributed by atoms with van der Waals surface area (Å²) in [4.78, 5) is 25.7. The topological polar surface area (TPSA) is 75.0 Å². The van der Waals surface area contributed by atoms with E-state index in [-0.39, 0.29) is 5.91 Å². The number of nitrogens with one attached hydrogen (secondary N) is 1. The first-order valence-corrected chi connectivity index (χ1v) is 11.4. The largest absolute Gasteiger partial charge is 0.402 e. The van der Waals surface area contributed by atoms with Crippen molar-refractivity contribution in [3.8, 4) is 21.1 Å². The summed E-state index contributed by atoms with van der Waals surface area (Å²) in [6.07, 6.45) is 4.35. The van der Waals surface area contributed by atoms with E-state index < -0.39 is 0 Å². The summed E-state index contributed by atoms with van der Waals surface area (Å²) >= 11 is 1.72. The van der Waals surface area contributed by atoms with Crippen molar-refractivity contribution < 1.29 is 4.79 Å². The number of allylic oxidation sites excluding steroid dienone is 3. The minimum Gasteiger partial charge on any atom is -0.402 e. The zero-order chi connectivity index (χ0) is 22.2. The number of para-hydroxylation sites is 3. The van der Waals surface area contributed by atoms with E-state index >= 15 is 0 Å². The summed E-state index contributed by atoms with van der Waals surface area (Å²) in [5.41, 5.74) is 12.3. The lowest BCUT2D eigenvalue weighted by Gasteiger charge is -2.23. The van der Waals surface area contributed by atoms with Gasteiger partial charge in [-0.25, -0.2) is 4.98 Å². The molecule has 0 aliphatic carbocycles. The Bertz CT molecular complexity index is 1350. The lowest BCUT2D eigenvalue weighted by Crippen LogP contribution is -2.33. The molecule has 1 amide bonds. The highest BCUT2D eigenvalue weighted by Gasteiger charge is 2.26. The summed E-state index contributed by atoms with van der Waals surface area (Å²) in [5.74, 6) is 0.889. The second kappa shape index (κ2) is 8.13. The molecule has 0 unspecified atom stereocenters. The van der Waals surface area contributed by atoms with Crippen LogP contribution in [0.5, 0.6) is 0 Å². The van der Waals surface area contributed by atoms with Crippen LogP contribution in [0.1, 0.15) is 19.4 Å². The number of fused-ring (bicyclic) bond motifs is 4. The van der Waals surface area contributed by atoms with Crippen LogP contribution in [0, 0.1) is 0 Å². The number of aromatic nitrogens is 2. The summed E-state index contributed by atoms with van der Waals surface area (Å²) in [6, 6.07) is 18.4. The molecule has 0 radical (unpaired) electrons. The number of anilines is 1. The third-order valence-electron chi connectivity index (χ3n) is 5.65. The number of amides is 1. The molecule has 1 aliphatic heterocycles. The number of imidazole rings is 1. The summed E-state index contributed by atoms with van der Waals surface area (Å²) in [5, 5.41) is 0. The van der Waals surface area contributed by atoms with Gasteiger partial charge in [0.1, 0.15) is 5.82 Å². The van der Waals surface area contributed by atoms with Crippen molar-refractivity contribution >= 4 is 34.0 Å². The number of hydrogen-bond donors (Lipinski definition) is 2. The number of H-pyrrole nitrogens is 1. The van der Waals surface area contributed by atoms with E-state index in [0.29, 0.717) is 17.8 Å². The van der Waals surface area contributed by atoms with Crippen molar-refractivity contribution in [3.05, 3.63) is 83.6 Å². The van der Waals surface area contributed by atoms with Gasteiger partial charge in [0.05, 0.1) is 21.6 Å². The van der Waals surface area contributed by atoms with Crippen LogP contribution in [-0.4, -0.2) is 22.4 Å². The molecule has 0 spiro atoms. The van der Waals surface area contributed by atoms with Gasteiger partial charge in [-0.05, 0) is 56.2 Å². The molecule has 6 heteroatoms. The number of nitrogens with zero attached hydrogens (tertiary/aromatic N) is 2. The lowest BCUT2D eigenvalue weighted by atomic mass is 10.1. The normalized spacial score (nSPS) is 14.2. The first-order valence-electron chi connectivity index (χ1n) is 10.6. The molecular weight excluding hydrogens is 416 g/mol. The van der Waals surface area contributed by atoms with Gasteiger partial charge in [0, 0.05) is 28.3 Å². The number of carbonyl (C=O) groups is 1. The first-order chi connectivity index (χ1) is 15.5. The molecule has 3 N–H and O–H groups in total. The zero-order valence-electron chi connectivity index (χ0n) is 18.1. The molecule has 3 heterocycles. The number of hydrogen-bond acceptors (Lipinski definition) is 4. The fourth-order valence-corrected chi connectivity index (χ4v) is 5.22. The van der Waals surface area contributed by atoms with Gasteiger partial charge in [-0.2, -0.15) is 0 Å². The molecule has 0 bridgehead atoms. The third-order valence-corrected chi connectivity index (χ3v) is 6.87. The smallest absolute Gasteiger partial charge is 0.253 e. The number of benzene rings is 2. The molecule has 160 valence electrons. The predicted molar refractivity (Wildman–Crippen MR) is 133 cm³/mol. The van der Waals surface area contributed by atoms with Crippen molar-refractivity contribution in [2.24, 2.45) is 5.73 Å². The van der Waals surface area contributed by atoms with E-state index in [1.54, 1.807) is 23.5 Å². The molecule has 2 aromatic heterocycles. The van der Waals surface area contributed by atoms with Crippen LogP contribution in [-0.2, 0) is 11.2 Å². The Hall–Kier alpha value is -3.64. The van der Waals surface area contributed by atoms with E-state index in [1.807, 2.05) is 61.2 Å². The summed E-state index contributed by atoms with van der Waals surface area (Å²) in [6.45, 7) is 4.27. The van der Waals surface area contributed by atoms with Gasteiger partial charge in [0.25, 0.3) is 5.91 Å². The maximum absolute atomic E-state index is 13.3. The van der Waals surface area contributed by atoms with E-state index in [0.717, 1.165) is 39.4 Å². The minimum atomic E-state index is 0.00242. The van der Waals surface area contributed by atoms with Crippen LogP contribution in [0.4, 0.5) is 5.69 Å². The van der Waals surface area contributed by atoms with Gasteiger partial charge in [0.2, 0.25) is 0 Å². The number of aromatic amines is 1. The van der Waals surface area contributed by atoms with Crippen LogP contribution in [0.15, 0.2) is 78.0 Å². The molecule has 4 aromatic rings. The standard InChI is InChI=1S/C26H24N4OS/c1-16(11-12-17(2)27)26(31)30-14-13-18-15-23(25-28-20-8-4-5-9-21(20)29-25)32-24(18)19-7-3-6-10-22(19)30/h3-12,15H,13-14,27H2,1-2H3,(H,28,29)/b16-11+,17-12+. The second-order valence-electron chi connectivity index (χ2n) is 8.05. The number of rotatable bonds is 3. The lowest BCUT2D eigenvalue weighted by molar-refractivity contribution is -0.115. The highest BCUT2D eigenvalue weighted by Crippen LogP contribution is 2.44. The Balaban J connectivity index is 1.55. The van der Waals surface area contributed by atoms with Crippen molar-refractivity contribution in [2.45, 2.75) is 20.3 Å². The monoisotopic (exact) mass is 440 g/mol. The summed E-state index contributed by atoms with van der Waals surface area (Å²) < 4.78 is 0. The maximum Gasteiger partial charge on any atom is 0.253 e. The van der Waals surface area contributed by atoms with Gasteiger partial charge >= 0.3 is 0 Å². The van der Waals surface area contributed by atoms with Crippen LogP contribution in [0.2, 0.25) is 0 Å². The Morgan fingerprint density at radius 3 is 2.72 bits per heavy atom. The molecule has 0 saturated heterocycles. The van der Waals surface area contributed by atoms with Crippen LogP contribution < -0.4 is 10.6 Å². The Morgan fingerprint density at radius 1 is 1.12 bits per heavy atom. The van der Waals surface area contributed by atoms with Crippen molar-refractivity contribution in [2.75, 3.05) is 11.4 Å².